The second-order valence-electron chi connectivity index (χ2n) is 6.95. The maximum Gasteiger partial charge on any atom is 0.256 e. The summed E-state index contributed by atoms with van der Waals surface area (Å²) in [6, 6.07) is 7.71. The van der Waals surface area contributed by atoms with E-state index in [0.717, 1.165) is 42.1 Å². The predicted octanol–water partition coefficient (Wildman–Crippen LogP) is 3.21. The van der Waals surface area contributed by atoms with Crippen LogP contribution in [-0.4, -0.2) is 28.5 Å². The van der Waals surface area contributed by atoms with Gasteiger partial charge >= 0.3 is 0 Å². The van der Waals surface area contributed by atoms with Crippen molar-refractivity contribution in [2.75, 3.05) is 13.7 Å². The van der Waals surface area contributed by atoms with Crippen molar-refractivity contribution >= 4 is 0 Å². The summed E-state index contributed by atoms with van der Waals surface area (Å²) in [5.74, 6) is 1.99. The number of aromatic nitrogens is 2. The molecular weight excluding hydrogens is 342 g/mol. The van der Waals surface area contributed by atoms with Gasteiger partial charge in [0.2, 0.25) is 0 Å². The zero-order valence-corrected chi connectivity index (χ0v) is 15.8. The van der Waals surface area contributed by atoms with Gasteiger partial charge in [0.25, 0.3) is 5.56 Å². The summed E-state index contributed by atoms with van der Waals surface area (Å²) >= 11 is 0. The lowest BCUT2D eigenvalue weighted by Gasteiger charge is -2.28. The van der Waals surface area contributed by atoms with Gasteiger partial charge in [-0.2, -0.15) is 0 Å². The number of rotatable bonds is 4. The molecule has 1 aliphatic rings. The molecule has 0 radical (unpaired) electrons. The van der Waals surface area contributed by atoms with E-state index in [1.165, 1.54) is 11.1 Å². The molecule has 140 valence electrons. The van der Waals surface area contributed by atoms with Crippen LogP contribution >= 0.6 is 0 Å². The van der Waals surface area contributed by atoms with Crippen molar-refractivity contribution in [3.05, 3.63) is 68.8 Å². The number of nitrogens with zero attached hydrogens (tertiary/aromatic N) is 2. The highest BCUT2D eigenvalue weighted by Gasteiger charge is 2.22. The summed E-state index contributed by atoms with van der Waals surface area (Å²) in [6.07, 6.45) is 2.33. The summed E-state index contributed by atoms with van der Waals surface area (Å²) in [5, 5.41) is 0. The van der Waals surface area contributed by atoms with Gasteiger partial charge in [-0.15, -0.1) is 0 Å². The van der Waals surface area contributed by atoms with Crippen LogP contribution in [0.25, 0.3) is 11.6 Å². The van der Waals surface area contributed by atoms with Crippen LogP contribution in [0.2, 0.25) is 0 Å². The first-order valence-electron chi connectivity index (χ1n) is 9.08. The molecular formula is C21H23N3O3. The predicted molar refractivity (Wildman–Crippen MR) is 103 cm³/mol. The van der Waals surface area contributed by atoms with Gasteiger partial charge in [0.05, 0.1) is 24.6 Å². The summed E-state index contributed by atoms with van der Waals surface area (Å²) in [5.41, 5.74) is 5.19. The van der Waals surface area contributed by atoms with Crippen LogP contribution in [0, 0.1) is 13.8 Å². The first-order valence-corrected chi connectivity index (χ1v) is 9.08. The number of benzene rings is 1. The van der Waals surface area contributed by atoms with Gasteiger partial charge < -0.3 is 14.1 Å². The fourth-order valence-electron chi connectivity index (χ4n) is 3.63. The molecule has 1 aromatic carbocycles. The van der Waals surface area contributed by atoms with Crippen molar-refractivity contribution in [1.82, 2.24) is 14.9 Å². The minimum Gasteiger partial charge on any atom is -0.496 e. The Bertz CT molecular complexity index is 1020. The first-order chi connectivity index (χ1) is 13.1. The highest BCUT2D eigenvalue weighted by atomic mass is 16.5. The average molecular weight is 365 g/mol. The molecule has 2 aromatic heterocycles. The molecule has 0 amide bonds. The Labute approximate surface area is 157 Å². The standard InChI is InChI=1S/C21H23N3O3/c1-13-14(2)18(26-3)7-6-15(13)11-24-9-8-17-16(12-24)21(25)23-20(22-17)19-5-4-10-27-19/h4-7,10H,8-9,11-12H2,1-3H3,(H,22,23,25). The number of methoxy groups -OCH3 is 1. The van der Waals surface area contributed by atoms with Gasteiger partial charge in [-0.3, -0.25) is 9.69 Å². The maximum atomic E-state index is 12.6. The summed E-state index contributed by atoms with van der Waals surface area (Å²) in [4.78, 5) is 22.4. The molecule has 1 N–H and O–H groups in total. The number of hydrogen-bond acceptors (Lipinski definition) is 5. The van der Waals surface area contributed by atoms with Gasteiger partial charge in [0.15, 0.2) is 11.6 Å². The van der Waals surface area contributed by atoms with E-state index >= 15 is 0 Å². The Kier molecular flexibility index (Phi) is 4.58. The van der Waals surface area contributed by atoms with E-state index in [-0.39, 0.29) is 5.56 Å². The highest BCUT2D eigenvalue weighted by molar-refractivity contribution is 5.47. The molecule has 0 saturated heterocycles. The van der Waals surface area contributed by atoms with Crippen molar-refractivity contribution in [3.8, 4) is 17.3 Å². The van der Waals surface area contributed by atoms with E-state index in [1.54, 1.807) is 25.5 Å². The lowest BCUT2D eigenvalue weighted by molar-refractivity contribution is 0.241. The summed E-state index contributed by atoms with van der Waals surface area (Å²) in [6.45, 7) is 6.46. The van der Waals surface area contributed by atoms with Crippen LogP contribution in [0.15, 0.2) is 39.7 Å². The molecule has 0 atom stereocenters. The highest BCUT2D eigenvalue weighted by Crippen LogP contribution is 2.26. The topological polar surface area (TPSA) is 71.4 Å². The molecule has 1 aliphatic heterocycles. The van der Waals surface area contributed by atoms with Gasteiger partial charge in [-0.25, -0.2) is 4.98 Å². The smallest absolute Gasteiger partial charge is 0.256 e. The Balaban J connectivity index is 1.57. The second kappa shape index (κ2) is 7.04. The average Bonchev–Trinajstić information content (AvgIpc) is 3.21. The van der Waals surface area contributed by atoms with Crippen LogP contribution in [-0.2, 0) is 19.5 Å². The molecule has 6 nitrogen and oxygen atoms in total. The van der Waals surface area contributed by atoms with E-state index in [2.05, 4.69) is 34.8 Å². The van der Waals surface area contributed by atoms with Crippen LogP contribution in [0.5, 0.6) is 5.75 Å². The molecule has 0 fully saturated rings. The quantitative estimate of drug-likeness (QED) is 0.769. The zero-order valence-electron chi connectivity index (χ0n) is 15.8. The van der Waals surface area contributed by atoms with Crippen LogP contribution in [0.1, 0.15) is 27.9 Å². The van der Waals surface area contributed by atoms with Crippen molar-refractivity contribution in [2.24, 2.45) is 0 Å². The molecule has 0 spiro atoms. The van der Waals surface area contributed by atoms with E-state index in [1.807, 2.05) is 6.07 Å². The van der Waals surface area contributed by atoms with Crippen molar-refractivity contribution in [3.63, 3.8) is 0 Å². The van der Waals surface area contributed by atoms with Gasteiger partial charge in [0, 0.05) is 26.1 Å². The minimum atomic E-state index is -0.0845. The molecule has 4 rings (SSSR count). The summed E-state index contributed by atoms with van der Waals surface area (Å²) < 4.78 is 10.8. The SMILES string of the molecule is COc1ccc(CN2CCc3nc(-c4ccco4)[nH]c(=O)c3C2)c(C)c1C. The van der Waals surface area contributed by atoms with E-state index in [4.69, 9.17) is 9.15 Å². The van der Waals surface area contributed by atoms with Crippen LogP contribution < -0.4 is 10.3 Å². The molecule has 0 bridgehead atoms. The minimum absolute atomic E-state index is 0.0845. The molecule has 0 saturated carbocycles. The number of hydrogen-bond donors (Lipinski definition) is 1. The van der Waals surface area contributed by atoms with Crippen molar-refractivity contribution < 1.29 is 9.15 Å². The lowest BCUT2D eigenvalue weighted by Crippen LogP contribution is -2.35. The first kappa shape index (κ1) is 17.5. The third kappa shape index (κ3) is 3.28. The van der Waals surface area contributed by atoms with Gasteiger partial charge in [-0.05, 0) is 48.7 Å². The number of furan rings is 1. The molecule has 6 heteroatoms. The molecule has 0 unspecified atom stereocenters. The number of nitrogens with one attached hydrogen (secondary N) is 1. The fraction of sp³-hybridized carbons (Fsp3) is 0.333. The fourth-order valence-corrected chi connectivity index (χ4v) is 3.63. The summed E-state index contributed by atoms with van der Waals surface area (Å²) in [7, 11) is 1.69. The number of aromatic amines is 1. The van der Waals surface area contributed by atoms with E-state index in [0.29, 0.717) is 18.1 Å². The maximum absolute atomic E-state index is 12.6. The van der Waals surface area contributed by atoms with E-state index in [9.17, 15) is 4.79 Å². The largest absolute Gasteiger partial charge is 0.496 e. The number of ether oxygens (including phenoxy) is 1. The third-order valence-electron chi connectivity index (χ3n) is 5.37. The van der Waals surface area contributed by atoms with Crippen LogP contribution in [0.4, 0.5) is 0 Å². The van der Waals surface area contributed by atoms with E-state index < -0.39 is 0 Å². The van der Waals surface area contributed by atoms with Gasteiger partial charge in [-0.1, -0.05) is 6.07 Å². The molecule has 0 aliphatic carbocycles. The molecule has 27 heavy (non-hydrogen) atoms. The van der Waals surface area contributed by atoms with Crippen LogP contribution in [0.3, 0.4) is 0 Å². The molecule has 3 heterocycles. The number of H-pyrrole nitrogens is 1. The van der Waals surface area contributed by atoms with Gasteiger partial charge in [0.1, 0.15) is 5.75 Å². The second-order valence-corrected chi connectivity index (χ2v) is 6.95. The third-order valence-corrected chi connectivity index (χ3v) is 5.37. The Hall–Kier alpha value is -2.86. The van der Waals surface area contributed by atoms with Crippen molar-refractivity contribution in [1.29, 1.82) is 0 Å². The Morgan fingerprint density at radius 3 is 2.85 bits per heavy atom. The van der Waals surface area contributed by atoms with Crippen molar-refractivity contribution in [2.45, 2.75) is 33.4 Å². The Morgan fingerprint density at radius 1 is 1.26 bits per heavy atom. The monoisotopic (exact) mass is 365 g/mol. The normalized spacial score (nSPS) is 14.2. The lowest BCUT2D eigenvalue weighted by atomic mass is 10.0. The Morgan fingerprint density at radius 2 is 2.11 bits per heavy atom. The number of fused-ring (bicyclic) bond motifs is 1. The zero-order chi connectivity index (χ0) is 19.0. The molecule has 3 aromatic rings.